The number of ether oxygens (including phenoxy) is 1. The Bertz CT molecular complexity index is 470. The zero-order valence-electron chi connectivity index (χ0n) is 10.7. The third-order valence-corrected chi connectivity index (χ3v) is 3.08. The predicted molar refractivity (Wildman–Crippen MR) is 67.2 cm³/mol. The SMILES string of the molecule is Cc1ccccc1O[C@@H](C)C(=O)N1CCCC1=O. The molecule has 96 valence electrons. The average Bonchev–Trinajstić information content (AvgIpc) is 2.77. The molecule has 1 aromatic carbocycles. The lowest BCUT2D eigenvalue weighted by Crippen LogP contribution is -2.41. The number of carbonyl (C=O) groups is 2. The van der Waals surface area contributed by atoms with E-state index in [9.17, 15) is 9.59 Å². The van der Waals surface area contributed by atoms with Crippen LogP contribution in [0.5, 0.6) is 5.75 Å². The van der Waals surface area contributed by atoms with E-state index in [0.29, 0.717) is 18.7 Å². The molecule has 18 heavy (non-hydrogen) atoms. The minimum atomic E-state index is -0.631. The van der Waals surface area contributed by atoms with Crippen LogP contribution in [0, 0.1) is 6.92 Å². The molecule has 1 fully saturated rings. The Morgan fingerprint density at radius 1 is 1.39 bits per heavy atom. The van der Waals surface area contributed by atoms with E-state index in [1.165, 1.54) is 4.90 Å². The molecular weight excluding hydrogens is 230 g/mol. The molecule has 4 nitrogen and oxygen atoms in total. The van der Waals surface area contributed by atoms with Gasteiger partial charge in [0.1, 0.15) is 5.75 Å². The van der Waals surface area contributed by atoms with Crippen LogP contribution in [0.25, 0.3) is 0 Å². The van der Waals surface area contributed by atoms with E-state index in [1.54, 1.807) is 6.92 Å². The number of para-hydroxylation sites is 1. The van der Waals surface area contributed by atoms with Crippen molar-refractivity contribution in [1.82, 2.24) is 4.90 Å². The molecule has 0 unspecified atom stereocenters. The highest BCUT2D eigenvalue weighted by atomic mass is 16.5. The first-order chi connectivity index (χ1) is 8.59. The highest BCUT2D eigenvalue weighted by molar-refractivity contribution is 5.98. The van der Waals surface area contributed by atoms with Gasteiger partial charge in [0.25, 0.3) is 5.91 Å². The molecule has 0 radical (unpaired) electrons. The molecule has 1 aliphatic rings. The van der Waals surface area contributed by atoms with Gasteiger partial charge >= 0.3 is 0 Å². The number of benzene rings is 1. The predicted octanol–water partition coefficient (Wildman–Crippen LogP) is 1.91. The van der Waals surface area contributed by atoms with Gasteiger partial charge in [-0.3, -0.25) is 14.5 Å². The third kappa shape index (κ3) is 2.53. The van der Waals surface area contributed by atoms with Gasteiger partial charge in [0.15, 0.2) is 6.10 Å². The standard InChI is InChI=1S/C14H17NO3/c1-10-6-3-4-7-12(10)18-11(2)14(17)15-9-5-8-13(15)16/h3-4,6-7,11H,5,8-9H2,1-2H3/t11-/m0/s1. The Morgan fingerprint density at radius 2 is 2.11 bits per heavy atom. The molecule has 4 heteroatoms. The first kappa shape index (κ1) is 12.6. The summed E-state index contributed by atoms with van der Waals surface area (Å²) in [5.74, 6) is 0.339. The van der Waals surface area contributed by atoms with Crippen LogP contribution in [0.15, 0.2) is 24.3 Å². The molecule has 0 aromatic heterocycles. The Morgan fingerprint density at radius 3 is 2.72 bits per heavy atom. The van der Waals surface area contributed by atoms with E-state index in [-0.39, 0.29) is 11.8 Å². The van der Waals surface area contributed by atoms with Gasteiger partial charge in [-0.2, -0.15) is 0 Å². The van der Waals surface area contributed by atoms with Gasteiger partial charge in [-0.25, -0.2) is 0 Å². The fourth-order valence-electron chi connectivity index (χ4n) is 2.03. The minimum Gasteiger partial charge on any atom is -0.481 e. The highest BCUT2D eigenvalue weighted by Gasteiger charge is 2.30. The molecule has 1 atom stereocenters. The van der Waals surface area contributed by atoms with Crippen molar-refractivity contribution < 1.29 is 14.3 Å². The van der Waals surface area contributed by atoms with Crippen LogP contribution < -0.4 is 4.74 Å². The summed E-state index contributed by atoms with van der Waals surface area (Å²) in [5.41, 5.74) is 0.977. The normalized spacial score (nSPS) is 16.8. The number of rotatable bonds is 3. The summed E-state index contributed by atoms with van der Waals surface area (Å²) in [6.07, 6.45) is 0.581. The molecule has 1 aromatic rings. The van der Waals surface area contributed by atoms with Crippen molar-refractivity contribution in [3.8, 4) is 5.75 Å². The summed E-state index contributed by atoms with van der Waals surface area (Å²) >= 11 is 0. The zero-order chi connectivity index (χ0) is 13.1. The van der Waals surface area contributed by atoms with Gasteiger partial charge in [0, 0.05) is 13.0 Å². The smallest absolute Gasteiger partial charge is 0.269 e. The fraction of sp³-hybridized carbons (Fsp3) is 0.429. The Labute approximate surface area is 107 Å². The van der Waals surface area contributed by atoms with Crippen molar-refractivity contribution in [2.75, 3.05) is 6.54 Å². The molecule has 0 bridgehead atoms. The summed E-state index contributed by atoms with van der Waals surface area (Å²) in [6, 6.07) is 7.53. The second-order valence-electron chi connectivity index (χ2n) is 4.51. The van der Waals surface area contributed by atoms with Crippen LogP contribution in [0.1, 0.15) is 25.3 Å². The van der Waals surface area contributed by atoms with E-state index in [0.717, 1.165) is 12.0 Å². The van der Waals surface area contributed by atoms with Crippen molar-refractivity contribution in [3.63, 3.8) is 0 Å². The van der Waals surface area contributed by atoms with E-state index in [1.807, 2.05) is 31.2 Å². The van der Waals surface area contributed by atoms with E-state index in [2.05, 4.69) is 0 Å². The first-order valence-corrected chi connectivity index (χ1v) is 6.16. The molecule has 0 N–H and O–H groups in total. The van der Waals surface area contributed by atoms with Crippen molar-refractivity contribution in [2.24, 2.45) is 0 Å². The second-order valence-corrected chi connectivity index (χ2v) is 4.51. The van der Waals surface area contributed by atoms with Crippen LogP contribution in [-0.2, 0) is 9.59 Å². The number of likely N-dealkylation sites (tertiary alicyclic amines) is 1. The molecule has 2 rings (SSSR count). The number of aryl methyl sites for hydroxylation is 1. The lowest BCUT2D eigenvalue weighted by Gasteiger charge is -2.20. The van der Waals surface area contributed by atoms with Crippen molar-refractivity contribution in [3.05, 3.63) is 29.8 Å². The summed E-state index contributed by atoms with van der Waals surface area (Å²) in [4.78, 5) is 24.8. The maximum absolute atomic E-state index is 12.1. The van der Waals surface area contributed by atoms with Crippen LogP contribution in [-0.4, -0.2) is 29.4 Å². The number of hydrogen-bond donors (Lipinski definition) is 0. The third-order valence-electron chi connectivity index (χ3n) is 3.08. The van der Waals surface area contributed by atoms with Crippen LogP contribution >= 0.6 is 0 Å². The van der Waals surface area contributed by atoms with E-state index in [4.69, 9.17) is 4.74 Å². The summed E-state index contributed by atoms with van der Waals surface area (Å²) < 4.78 is 5.62. The van der Waals surface area contributed by atoms with Gasteiger partial charge in [-0.05, 0) is 31.9 Å². The quantitative estimate of drug-likeness (QED) is 0.819. The highest BCUT2D eigenvalue weighted by Crippen LogP contribution is 2.19. The number of carbonyl (C=O) groups excluding carboxylic acids is 2. The molecule has 1 saturated heterocycles. The maximum Gasteiger partial charge on any atom is 0.269 e. The lowest BCUT2D eigenvalue weighted by molar-refractivity contribution is -0.146. The monoisotopic (exact) mass is 247 g/mol. The molecular formula is C14H17NO3. The number of nitrogens with zero attached hydrogens (tertiary/aromatic N) is 1. The molecule has 1 heterocycles. The summed E-state index contributed by atoms with van der Waals surface area (Å²) in [7, 11) is 0. The van der Waals surface area contributed by atoms with E-state index < -0.39 is 6.10 Å². The Balaban J connectivity index is 2.04. The van der Waals surface area contributed by atoms with Crippen LogP contribution in [0.3, 0.4) is 0 Å². The van der Waals surface area contributed by atoms with Crippen LogP contribution in [0.4, 0.5) is 0 Å². The second kappa shape index (κ2) is 5.21. The summed E-state index contributed by atoms with van der Waals surface area (Å²) in [6.45, 7) is 4.12. The summed E-state index contributed by atoms with van der Waals surface area (Å²) in [5, 5.41) is 0. The minimum absolute atomic E-state index is 0.0970. The van der Waals surface area contributed by atoms with Crippen molar-refractivity contribution in [2.45, 2.75) is 32.8 Å². The molecule has 0 saturated carbocycles. The first-order valence-electron chi connectivity index (χ1n) is 6.16. The number of amides is 2. The van der Waals surface area contributed by atoms with Gasteiger partial charge in [-0.1, -0.05) is 18.2 Å². The van der Waals surface area contributed by atoms with Gasteiger partial charge in [-0.15, -0.1) is 0 Å². The Hall–Kier alpha value is -1.84. The maximum atomic E-state index is 12.1. The molecule has 0 spiro atoms. The van der Waals surface area contributed by atoms with E-state index >= 15 is 0 Å². The van der Waals surface area contributed by atoms with Crippen molar-refractivity contribution >= 4 is 11.8 Å². The topological polar surface area (TPSA) is 46.6 Å². The van der Waals surface area contributed by atoms with Gasteiger partial charge in [0.2, 0.25) is 5.91 Å². The van der Waals surface area contributed by atoms with Crippen molar-refractivity contribution in [1.29, 1.82) is 0 Å². The van der Waals surface area contributed by atoms with Crippen LogP contribution in [0.2, 0.25) is 0 Å². The average molecular weight is 247 g/mol. The molecule has 0 aliphatic carbocycles. The van der Waals surface area contributed by atoms with Gasteiger partial charge < -0.3 is 4.74 Å². The number of hydrogen-bond acceptors (Lipinski definition) is 3. The zero-order valence-corrected chi connectivity index (χ0v) is 10.7. The van der Waals surface area contributed by atoms with Gasteiger partial charge in [0.05, 0.1) is 0 Å². The lowest BCUT2D eigenvalue weighted by atomic mass is 10.2. The molecule has 1 aliphatic heterocycles. The Kier molecular flexibility index (Phi) is 3.65. The largest absolute Gasteiger partial charge is 0.481 e. The number of imide groups is 1. The molecule has 2 amide bonds. The fourth-order valence-corrected chi connectivity index (χ4v) is 2.03.